The van der Waals surface area contributed by atoms with Gasteiger partial charge in [-0.05, 0) is 20.3 Å². The third-order valence-corrected chi connectivity index (χ3v) is 3.72. The summed E-state index contributed by atoms with van der Waals surface area (Å²) < 4.78 is 13.0. The van der Waals surface area contributed by atoms with Crippen molar-refractivity contribution in [2.45, 2.75) is 32.5 Å². The van der Waals surface area contributed by atoms with E-state index in [0.717, 1.165) is 26.2 Å². The van der Waals surface area contributed by atoms with Crippen molar-refractivity contribution in [1.82, 2.24) is 14.7 Å². The average Bonchev–Trinajstić information content (AvgIpc) is 2.75. The van der Waals surface area contributed by atoms with Crippen LogP contribution in [0.5, 0.6) is 0 Å². The first-order valence-corrected chi connectivity index (χ1v) is 6.50. The first-order valence-electron chi connectivity index (χ1n) is 6.50. The van der Waals surface area contributed by atoms with Crippen molar-refractivity contribution in [1.29, 1.82) is 0 Å². The SMILES string of the molecule is CC(C)N1CCN(C(=O)N2CCC(F)C2)CC1. The summed E-state index contributed by atoms with van der Waals surface area (Å²) in [6.07, 6.45) is -0.326. The highest BCUT2D eigenvalue weighted by atomic mass is 19.1. The van der Waals surface area contributed by atoms with E-state index in [1.165, 1.54) is 0 Å². The molecular formula is C12H22FN3O. The third kappa shape index (κ3) is 2.89. The Morgan fingerprint density at radius 2 is 1.76 bits per heavy atom. The van der Waals surface area contributed by atoms with E-state index in [0.29, 0.717) is 19.0 Å². The fraction of sp³-hybridized carbons (Fsp3) is 0.917. The lowest BCUT2D eigenvalue weighted by Crippen LogP contribution is -2.53. The molecular weight excluding hydrogens is 221 g/mol. The number of carbonyl (C=O) groups is 1. The predicted molar refractivity (Wildman–Crippen MR) is 64.8 cm³/mol. The smallest absolute Gasteiger partial charge is 0.320 e. The first kappa shape index (κ1) is 12.6. The summed E-state index contributed by atoms with van der Waals surface area (Å²) in [7, 11) is 0. The number of hydrogen-bond acceptors (Lipinski definition) is 2. The van der Waals surface area contributed by atoms with Crippen LogP contribution in [0.3, 0.4) is 0 Å². The molecule has 0 spiro atoms. The second-order valence-electron chi connectivity index (χ2n) is 5.23. The van der Waals surface area contributed by atoms with Crippen LogP contribution in [0.2, 0.25) is 0 Å². The van der Waals surface area contributed by atoms with Gasteiger partial charge in [-0.3, -0.25) is 4.90 Å². The van der Waals surface area contributed by atoms with E-state index in [9.17, 15) is 9.18 Å². The Labute approximate surface area is 102 Å². The van der Waals surface area contributed by atoms with Crippen LogP contribution in [0, 0.1) is 0 Å². The largest absolute Gasteiger partial charge is 0.322 e. The van der Waals surface area contributed by atoms with Crippen LogP contribution in [0.15, 0.2) is 0 Å². The molecule has 2 rings (SSSR count). The summed E-state index contributed by atoms with van der Waals surface area (Å²) >= 11 is 0. The summed E-state index contributed by atoms with van der Waals surface area (Å²) in [6, 6.07) is 0.558. The van der Waals surface area contributed by atoms with E-state index >= 15 is 0 Å². The van der Waals surface area contributed by atoms with Gasteiger partial charge in [-0.2, -0.15) is 0 Å². The number of hydrogen-bond donors (Lipinski definition) is 0. The first-order chi connectivity index (χ1) is 8.08. The van der Waals surface area contributed by atoms with Crippen molar-refractivity contribution < 1.29 is 9.18 Å². The molecule has 0 aliphatic carbocycles. The predicted octanol–water partition coefficient (Wildman–Crippen LogP) is 1.18. The van der Waals surface area contributed by atoms with E-state index in [-0.39, 0.29) is 12.6 Å². The van der Waals surface area contributed by atoms with Crippen molar-refractivity contribution >= 4 is 6.03 Å². The zero-order valence-corrected chi connectivity index (χ0v) is 10.7. The van der Waals surface area contributed by atoms with Crippen LogP contribution in [0.1, 0.15) is 20.3 Å². The highest BCUT2D eigenvalue weighted by molar-refractivity contribution is 5.75. The quantitative estimate of drug-likeness (QED) is 0.691. The van der Waals surface area contributed by atoms with Crippen LogP contribution < -0.4 is 0 Å². The van der Waals surface area contributed by atoms with Gasteiger partial charge in [-0.1, -0.05) is 0 Å². The standard InChI is InChI=1S/C12H22FN3O/c1-10(2)14-5-7-15(8-6-14)12(17)16-4-3-11(13)9-16/h10-11H,3-9H2,1-2H3. The lowest BCUT2D eigenvalue weighted by molar-refractivity contribution is 0.102. The van der Waals surface area contributed by atoms with Gasteiger partial charge in [-0.15, -0.1) is 0 Å². The molecule has 0 N–H and O–H groups in total. The summed E-state index contributed by atoms with van der Waals surface area (Å²) in [5, 5.41) is 0. The van der Waals surface area contributed by atoms with Crippen LogP contribution in [-0.2, 0) is 0 Å². The number of urea groups is 1. The molecule has 2 amide bonds. The van der Waals surface area contributed by atoms with Gasteiger partial charge in [0.05, 0.1) is 6.54 Å². The zero-order valence-electron chi connectivity index (χ0n) is 10.7. The molecule has 4 nitrogen and oxygen atoms in total. The maximum absolute atomic E-state index is 13.0. The molecule has 98 valence electrons. The van der Waals surface area contributed by atoms with E-state index in [1.807, 2.05) is 4.90 Å². The van der Waals surface area contributed by atoms with E-state index in [2.05, 4.69) is 18.7 Å². The van der Waals surface area contributed by atoms with Crippen molar-refractivity contribution in [3.8, 4) is 0 Å². The maximum Gasteiger partial charge on any atom is 0.320 e. The molecule has 0 bridgehead atoms. The Bertz CT molecular complexity index is 277. The Balaban J connectivity index is 1.82. The van der Waals surface area contributed by atoms with Crippen LogP contribution >= 0.6 is 0 Å². The van der Waals surface area contributed by atoms with Crippen molar-refractivity contribution in [2.24, 2.45) is 0 Å². The number of halogens is 1. The molecule has 17 heavy (non-hydrogen) atoms. The van der Waals surface area contributed by atoms with Gasteiger partial charge in [0.25, 0.3) is 0 Å². The number of amides is 2. The number of nitrogens with zero attached hydrogens (tertiary/aromatic N) is 3. The maximum atomic E-state index is 13.0. The van der Waals surface area contributed by atoms with Crippen LogP contribution in [0.4, 0.5) is 9.18 Å². The fourth-order valence-corrected chi connectivity index (χ4v) is 2.52. The monoisotopic (exact) mass is 243 g/mol. The molecule has 2 saturated heterocycles. The van der Waals surface area contributed by atoms with Gasteiger partial charge >= 0.3 is 6.03 Å². The molecule has 2 aliphatic rings. The lowest BCUT2D eigenvalue weighted by atomic mass is 10.2. The number of piperazine rings is 1. The minimum Gasteiger partial charge on any atom is -0.322 e. The zero-order chi connectivity index (χ0) is 12.4. The van der Waals surface area contributed by atoms with Crippen molar-refractivity contribution in [3.05, 3.63) is 0 Å². The number of rotatable bonds is 1. The number of alkyl halides is 1. The molecule has 1 atom stereocenters. The fourth-order valence-electron chi connectivity index (χ4n) is 2.52. The molecule has 0 aromatic carbocycles. The third-order valence-electron chi connectivity index (χ3n) is 3.72. The van der Waals surface area contributed by atoms with Gasteiger partial charge < -0.3 is 9.80 Å². The molecule has 5 heteroatoms. The average molecular weight is 243 g/mol. The minimum absolute atomic E-state index is 0.0218. The molecule has 2 fully saturated rings. The van der Waals surface area contributed by atoms with E-state index in [4.69, 9.17) is 0 Å². The Kier molecular flexibility index (Phi) is 3.86. The van der Waals surface area contributed by atoms with Crippen molar-refractivity contribution in [3.63, 3.8) is 0 Å². The topological polar surface area (TPSA) is 26.8 Å². The summed E-state index contributed by atoms with van der Waals surface area (Å²) in [5.41, 5.74) is 0. The molecule has 0 aromatic rings. The second kappa shape index (κ2) is 5.21. The Morgan fingerprint density at radius 3 is 2.24 bits per heavy atom. The Hall–Kier alpha value is -0.840. The highest BCUT2D eigenvalue weighted by Gasteiger charge is 2.31. The van der Waals surface area contributed by atoms with Gasteiger partial charge in [0.2, 0.25) is 0 Å². The van der Waals surface area contributed by atoms with Gasteiger partial charge in [0, 0.05) is 38.8 Å². The van der Waals surface area contributed by atoms with Crippen LogP contribution in [-0.4, -0.2) is 72.2 Å². The summed E-state index contributed by atoms with van der Waals surface area (Å²) in [5.74, 6) is 0. The molecule has 2 heterocycles. The second-order valence-corrected chi connectivity index (χ2v) is 5.23. The molecule has 1 unspecified atom stereocenters. The summed E-state index contributed by atoms with van der Waals surface area (Å²) in [6.45, 7) is 8.59. The highest BCUT2D eigenvalue weighted by Crippen LogP contribution is 2.15. The molecule has 0 aromatic heterocycles. The minimum atomic E-state index is -0.823. The normalized spacial score (nSPS) is 26.9. The van der Waals surface area contributed by atoms with Crippen molar-refractivity contribution in [2.75, 3.05) is 39.3 Å². The van der Waals surface area contributed by atoms with Gasteiger partial charge in [-0.25, -0.2) is 9.18 Å². The molecule has 0 saturated carbocycles. The summed E-state index contributed by atoms with van der Waals surface area (Å²) in [4.78, 5) is 18.0. The van der Waals surface area contributed by atoms with Crippen LogP contribution in [0.25, 0.3) is 0 Å². The number of carbonyl (C=O) groups excluding carboxylic acids is 1. The lowest BCUT2D eigenvalue weighted by Gasteiger charge is -2.38. The van der Waals surface area contributed by atoms with E-state index < -0.39 is 6.17 Å². The Morgan fingerprint density at radius 1 is 1.12 bits per heavy atom. The van der Waals surface area contributed by atoms with Gasteiger partial charge in [0.15, 0.2) is 0 Å². The molecule has 2 aliphatic heterocycles. The van der Waals surface area contributed by atoms with Gasteiger partial charge in [0.1, 0.15) is 6.17 Å². The number of likely N-dealkylation sites (tertiary alicyclic amines) is 1. The molecule has 0 radical (unpaired) electrons. The van der Waals surface area contributed by atoms with E-state index in [1.54, 1.807) is 4.90 Å².